The molecular formula is C14H20N2O2. The Bertz CT molecular complexity index is 426. The first-order chi connectivity index (χ1) is 8.70. The summed E-state index contributed by atoms with van der Waals surface area (Å²) in [5, 5.41) is 2.60. The van der Waals surface area contributed by atoms with Gasteiger partial charge in [0.15, 0.2) is 0 Å². The minimum atomic E-state index is -0.122. The first kappa shape index (κ1) is 12.7. The fraction of sp³-hybridized carbons (Fsp3) is 0.500. The molecule has 18 heavy (non-hydrogen) atoms. The van der Waals surface area contributed by atoms with Gasteiger partial charge in [-0.1, -0.05) is 6.42 Å². The normalized spacial score (nSPS) is 16.3. The van der Waals surface area contributed by atoms with Crippen LogP contribution in [-0.2, 0) is 0 Å². The van der Waals surface area contributed by atoms with E-state index < -0.39 is 0 Å². The maximum absolute atomic E-state index is 11.6. The summed E-state index contributed by atoms with van der Waals surface area (Å²) >= 11 is 0. The number of nitrogens with one attached hydrogen (secondary N) is 1. The van der Waals surface area contributed by atoms with Crippen molar-refractivity contribution in [1.82, 2.24) is 5.32 Å². The summed E-state index contributed by atoms with van der Waals surface area (Å²) in [5.74, 6) is 0.506. The summed E-state index contributed by atoms with van der Waals surface area (Å²) in [6, 6.07) is 5.16. The van der Waals surface area contributed by atoms with Crippen LogP contribution in [0.15, 0.2) is 18.2 Å². The standard InChI is InChI=1S/C14H20N2O2/c1-16-14(17)10-7-8-12(15)13(9-10)18-11-5-3-2-4-6-11/h7-9,11H,2-6,15H2,1H3,(H,16,17). The second-order valence-electron chi connectivity index (χ2n) is 4.71. The topological polar surface area (TPSA) is 64.4 Å². The molecule has 1 aromatic carbocycles. The fourth-order valence-corrected chi connectivity index (χ4v) is 2.28. The highest BCUT2D eigenvalue weighted by molar-refractivity contribution is 5.95. The van der Waals surface area contributed by atoms with Crippen molar-refractivity contribution in [1.29, 1.82) is 0 Å². The van der Waals surface area contributed by atoms with Crippen LogP contribution in [0.25, 0.3) is 0 Å². The highest BCUT2D eigenvalue weighted by atomic mass is 16.5. The van der Waals surface area contributed by atoms with Gasteiger partial charge >= 0.3 is 0 Å². The quantitative estimate of drug-likeness (QED) is 0.807. The molecular weight excluding hydrogens is 228 g/mol. The number of hydrogen-bond donors (Lipinski definition) is 2. The summed E-state index contributed by atoms with van der Waals surface area (Å²) < 4.78 is 5.92. The molecule has 0 aromatic heterocycles. The van der Waals surface area contributed by atoms with Gasteiger partial charge in [0.25, 0.3) is 5.91 Å². The molecule has 2 rings (SSSR count). The van der Waals surface area contributed by atoms with Gasteiger partial charge in [0.05, 0.1) is 11.8 Å². The zero-order chi connectivity index (χ0) is 13.0. The van der Waals surface area contributed by atoms with Crippen LogP contribution in [-0.4, -0.2) is 19.1 Å². The Labute approximate surface area is 108 Å². The van der Waals surface area contributed by atoms with E-state index in [1.165, 1.54) is 19.3 Å². The molecule has 98 valence electrons. The van der Waals surface area contributed by atoms with Crippen molar-refractivity contribution in [2.45, 2.75) is 38.2 Å². The summed E-state index contributed by atoms with van der Waals surface area (Å²) in [6.07, 6.45) is 6.08. The number of carbonyl (C=O) groups excluding carboxylic acids is 1. The molecule has 0 radical (unpaired) electrons. The van der Waals surface area contributed by atoms with Gasteiger partial charge in [-0.15, -0.1) is 0 Å². The van der Waals surface area contributed by atoms with Crippen LogP contribution >= 0.6 is 0 Å². The highest BCUT2D eigenvalue weighted by Gasteiger charge is 2.17. The lowest BCUT2D eigenvalue weighted by Gasteiger charge is -2.23. The van der Waals surface area contributed by atoms with E-state index >= 15 is 0 Å². The molecule has 1 aliphatic rings. The Morgan fingerprint density at radius 1 is 1.33 bits per heavy atom. The number of benzene rings is 1. The Kier molecular flexibility index (Phi) is 4.07. The molecule has 4 nitrogen and oxygen atoms in total. The first-order valence-electron chi connectivity index (χ1n) is 6.49. The number of amides is 1. The predicted octanol–water partition coefficient (Wildman–Crippen LogP) is 2.34. The lowest BCUT2D eigenvalue weighted by Crippen LogP contribution is -2.21. The van der Waals surface area contributed by atoms with Gasteiger partial charge in [0.2, 0.25) is 0 Å². The minimum absolute atomic E-state index is 0.122. The van der Waals surface area contributed by atoms with Crippen molar-refractivity contribution in [3.05, 3.63) is 23.8 Å². The van der Waals surface area contributed by atoms with Gasteiger partial charge in [-0.3, -0.25) is 4.79 Å². The zero-order valence-corrected chi connectivity index (χ0v) is 10.7. The molecule has 4 heteroatoms. The Morgan fingerprint density at radius 3 is 2.72 bits per heavy atom. The number of ether oxygens (including phenoxy) is 1. The molecule has 0 atom stereocenters. The van der Waals surface area contributed by atoms with Gasteiger partial charge < -0.3 is 15.8 Å². The maximum atomic E-state index is 11.6. The second kappa shape index (κ2) is 5.76. The van der Waals surface area contributed by atoms with Crippen LogP contribution in [0.4, 0.5) is 5.69 Å². The van der Waals surface area contributed by atoms with Crippen molar-refractivity contribution in [2.75, 3.05) is 12.8 Å². The van der Waals surface area contributed by atoms with Crippen molar-refractivity contribution >= 4 is 11.6 Å². The molecule has 3 N–H and O–H groups in total. The maximum Gasteiger partial charge on any atom is 0.251 e. The molecule has 1 fully saturated rings. The van der Waals surface area contributed by atoms with Gasteiger partial charge in [0.1, 0.15) is 5.75 Å². The molecule has 0 aliphatic heterocycles. The zero-order valence-electron chi connectivity index (χ0n) is 10.7. The molecule has 0 bridgehead atoms. The number of hydrogen-bond acceptors (Lipinski definition) is 3. The Morgan fingerprint density at radius 2 is 2.06 bits per heavy atom. The number of rotatable bonds is 3. The van der Waals surface area contributed by atoms with E-state index in [-0.39, 0.29) is 12.0 Å². The van der Waals surface area contributed by atoms with Crippen molar-refractivity contribution < 1.29 is 9.53 Å². The van der Waals surface area contributed by atoms with E-state index in [1.807, 2.05) is 0 Å². The fourth-order valence-electron chi connectivity index (χ4n) is 2.28. The lowest BCUT2D eigenvalue weighted by atomic mass is 9.98. The van der Waals surface area contributed by atoms with Crippen molar-refractivity contribution in [2.24, 2.45) is 0 Å². The van der Waals surface area contributed by atoms with E-state index in [4.69, 9.17) is 10.5 Å². The molecule has 1 aliphatic carbocycles. The van der Waals surface area contributed by atoms with Crippen LogP contribution in [0.3, 0.4) is 0 Å². The molecule has 1 aromatic rings. The number of nitrogens with two attached hydrogens (primary N) is 1. The van der Waals surface area contributed by atoms with E-state index in [1.54, 1.807) is 25.2 Å². The number of anilines is 1. The summed E-state index contributed by atoms with van der Waals surface area (Å²) in [7, 11) is 1.61. The molecule has 0 spiro atoms. The van der Waals surface area contributed by atoms with Crippen LogP contribution in [0.1, 0.15) is 42.5 Å². The van der Waals surface area contributed by atoms with Gasteiger partial charge in [0, 0.05) is 12.6 Å². The van der Waals surface area contributed by atoms with E-state index in [0.717, 1.165) is 12.8 Å². The SMILES string of the molecule is CNC(=O)c1ccc(N)c(OC2CCCCC2)c1. The molecule has 0 unspecified atom stereocenters. The van der Waals surface area contributed by atoms with Gasteiger partial charge in [-0.05, 0) is 43.9 Å². The number of carbonyl (C=O) groups is 1. The predicted molar refractivity (Wildman–Crippen MR) is 71.7 cm³/mol. The van der Waals surface area contributed by atoms with Crippen molar-refractivity contribution in [3.63, 3.8) is 0 Å². The summed E-state index contributed by atoms with van der Waals surface area (Å²) in [5.41, 5.74) is 7.06. The second-order valence-corrected chi connectivity index (χ2v) is 4.71. The number of nitrogen functional groups attached to an aromatic ring is 1. The molecule has 0 heterocycles. The van der Waals surface area contributed by atoms with Gasteiger partial charge in [-0.25, -0.2) is 0 Å². The van der Waals surface area contributed by atoms with Crippen LogP contribution in [0, 0.1) is 0 Å². The average Bonchev–Trinajstić information content (AvgIpc) is 2.41. The highest BCUT2D eigenvalue weighted by Crippen LogP contribution is 2.28. The third kappa shape index (κ3) is 2.94. The van der Waals surface area contributed by atoms with Crippen molar-refractivity contribution in [3.8, 4) is 5.75 Å². The van der Waals surface area contributed by atoms with Crippen LogP contribution < -0.4 is 15.8 Å². The third-order valence-corrected chi connectivity index (χ3v) is 3.35. The summed E-state index contributed by atoms with van der Waals surface area (Å²) in [4.78, 5) is 11.6. The smallest absolute Gasteiger partial charge is 0.251 e. The first-order valence-corrected chi connectivity index (χ1v) is 6.49. The van der Waals surface area contributed by atoms with Crippen LogP contribution in [0.2, 0.25) is 0 Å². The summed E-state index contributed by atoms with van der Waals surface area (Å²) in [6.45, 7) is 0. The van der Waals surface area contributed by atoms with E-state index in [9.17, 15) is 4.79 Å². The van der Waals surface area contributed by atoms with Gasteiger partial charge in [-0.2, -0.15) is 0 Å². The lowest BCUT2D eigenvalue weighted by molar-refractivity contribution is 0.0961. The van der Waals surface area contributed by atoms with E-state index in [0.29, 0.717) is 17.0 Å². The monoisotopic (exact) mass is 248 g/mol. The average molecular weight is 248 g/mol. The largest absolute Gasteiger partial charge is 0.488 e. The van der Waals surface area contributed by atoms with Crippen LogP contribution in [0.5, 0.6) is 5.75 Å². The Balaban J connectivity index is 2.12. The molecule has 0 saturated heterocycles. The minimum Gasteiger partial charge on any atom is -0.488 e. The molecule has 1 amide bonds. The Hall–Kier alpha value is -1.71. The third-order valence-electron chi connectivity index (χ3n) is 3.35. The van der Waals surface area contributed by atoms with E-state index in [2.05, 4.69) is 5.32 Å². The molecule has 1 saturated carbocycles.